The molecule has 18 unspecified atom stereocenters. The highest BCUT2D eigenvalue weighted by atomic mass is 15.5. The zero-order valence-corrected chi connectivity index (χ0v) is 29.5. The zero-order chi connectivity index (χ0) is 30.1. The van der Waals surface area contributed by atoms with Crippen LogP contribution < -0.4 is 0 Å². The average molecular weight is 640 g/mol. The summed E-state index contributed by atoms with van der Waals surface area (Å²) in [6, 6.07) is 13.2. The van der Waals surface area contributed by atoms with Gasteiger partial charge in [-0.15, -0.1) is 0 Å². The van der Waals surface area contributed by atoms with E-state index < -0.39 is 0 Å². The first-order valence-corrected chi connectivity index (χ1v) is 22.3. The molecule has 258 valence electrons. The Balaban J connectivity index is 0.949. The molecule has 18 atom stereocenters. The Morgan fingerprint density at radius 3 is 0.787 bits per heavy atom. The molecule has 0 amide bonds. The second-order valence-corrected chi connectivity index (χ2v) is 20.2. The molecule has 7 aliphatic carbocycles. The van der Waals surface area contributed by atoms with Crippen LogP contribution in [0.25, 0.3) is 0 Å². The van der Waals surface area contributed by atoms with Gasteiger partial charge < -0.3 is 0 Å². The van der Waals surface area contributed by atoms with E-state index in [1.165, 1.54) is 109 Å². The van der Waals surface area contributed by atoms with E-state index in [2.05, 4.69) is 24.5 Å². The zero-order valence-electron chi connectivity index (χ0n) is 29.5. The Bertz CT molecular complexity index is 1180. The van der Waals surface area contributed by atoms with Crippen LogP contribution in [0.1, 0.15) is 148 Å². The van der Waals surface area contributed by atoms with Crippen LogP contribution in [0.5, 0.6) is 0 Å². The minimum Gasteiger partial charge on any atom is -0.291 e. The van der Waals surface area contributed by atoms with E-state index in [4.69, 9.17) is 0 Å². The summed E-state index contributed by atoms with van der Waals surface area (Å²) in [6.07, 6.45) is 35.3. The van der Waals surface area contributed by atoms with E-state index in [1.54, 1.807) is 38.5 Å². The predicted molar refractivity (Wildman–Crippen MR) is 186 cm³/mol. The fourth-order valence-corrected chi connectivity index (χ4v) is 18.8. The first-order valence-electron chi connectivity index (χ1n) is 22.3. The van der Waals surface area contributed by atoms with Gasteiger partial charge >= 0.3 is 0 Å². The van der Waals surface area contributed by atoms with Gasteiger partial charge in [0.2, 0.25) is 0 Å². The normalized spacial score (nSPS) is 61.1. The summed E-state index contributed by atoms with van der Waals surface area (Å²) in [7, 11) is 0. The lowest BCUT2D eigenvalue weighted by molar-refractivity contribution is -0.261. The number of fused-ring (bicyclic) bond motifs is 14. The van der Waals surface area contributed by atoms with Crippen LogP contribution in [-0.4, -0.2) is 115 Å². The lowest BCUT2D eigenvalue weighted by Gasteiger charge is -2.76. The monoisotopic (exact) mass is 640 g/mol. The largest absolute Gasteiger partial charge is 0.291 e. The Morgan fingerprint density at radius 1 is 0.191 bits per heavy atom. The maximum Gasteiger partial charge on any atom is 0.0414 e. The maximum atomic E-state index is 3.49. The van der Waals surface area contributed by atoms with Crippen LogP contribution in [0.2, 0.25) is 0 Å². The second kappa shape index (κ2) is 10.2. The standard InChI is InChI=1S/C42H65N5/c1-3-14-28-24(10-1)26-12-5-16-30-38(26)43(28)32-18-7-22-36-40(32)45(30)34-20-9-21-35-42(34)47(36)37-23-8-19-33-41(37)46(35)31-17-6-13-27-25-11-2-4-15-29(25)44(33)39(27)31/h24-42H,1-23H2. The summed E-state index contributed by atoms with van der Waals surface area (Å²) in [5.41, 5.74) is 0. The van der Waals surface area contributed by atoms with Gasteiger partial charge in [0.25, 0.3) is 0 Å². The summed E-state index contributed by atoms with van der Waals surface area (Å²) in [6.45, 7) is 0. The molecule has 6 aliphatic heterocycles. The third-order valence-corrected chi connectivity index (χ3v) is 19.3. The molecule has 13 fully saturated rings. The van der Waals surface area contributed by atoms with Crippen LogP contribution >= 0.6 is 0 Å². The molecule has 13 aliphatic rings. The van der Waals surface area contributed by atoms with E-state index in [1.807, 2.05) is 0 Å². The fourth-order valence-electron chi connectivity index (χ4n) is 18.8. The first kappa shape index (κ1) is 28.4. The highest BCUT2D eigenvalue weighted by Gasteiger charge is 2.72. The van der Waals surface area contributed by atoms with Gasteiger partial charge in [-0.2, -0.15) is 0 Å². The minimum absolute atomic E-state index is 0.843. The Kier molecular flexibility index (Phi) is 6.18. The summed E-state index contributed by atoms with van der Waals surface area (Å²) < 4.78 is 0. The lowest BCUT2D eigenvalue weighted by Crippen LogP contribution is -2.90. The van der Waals surface area contributed by atoms with Gasteiger partial charge in [0.1, 0.15) is 0 Å². The molecule has 13 rings (SSSR count). The summed E-state index contributed by atoms with van der Waals surface area (Å²) >= 11 is 0. The quantitative estimate of drug-likeness (QED) is 0.295. The van der Waals surface area contributed by atoms with Gasteiger partial charge in [-0.3, -0.25) is 24.5 Å². The van der Waals surface area contributed by atoms with Crippen LogP contribution in [0.3, 0.4) is 0 Å². The molecule has 7 saturated carbocycles. The minimum atomic E-state index is 0.843. The molecular formula is C42H65N5. The number of rotatable bonds is 0. The SMILES string of the molecule is C1CCC2C(C1)C1CCCC3C1N2C1CCCC2C1N3C1CCCC3C1N2C1CCCC2C1N3C1CCCC3C4CCCCC4N2C31. The van der Waals surface area contributed by atoms with Crippen molar-refractivity contribution < 1.29 is 0 Å². The molecule has 0 aromatic carbocycles. The van der Waals surface area contributed by atoms with Crippen LogP contribution in [0.4, 0.5) is 0 Å². The van der Waals surface area contributed by atoms with Gasteiger partial charge in [-0.1, -0.05) is 57.8 Å². The molecule has 0 radical (unpaired) electrons. The molecule has 0 aromatic rings. The van der Waals surface area contributed by atoms with Crippen molar-refractivity contribution in [2.24, 2.45) is 23.7 Å². The Morgan fingerprint density at radius 2 is 0.426 bits per heavy atom. The maximum absolute atomic E-state index is 3.49. The van der Waals surface area contributed by atoms with Crippen molar-refractivity contribution in [2.75, 3.05) is 0 Å². The van der Waals surface area contributed by atoms with Gasteiger partial charge in [-0.25, -0.2) is 0 Å². The van der Waals surface area contributed by atoms with Crippen LogP contribution in [0.15, 0.2) is 0 Å². The Hall–Kier alpha value is -0.200. The highest BCUT2D eigenvalue weighted by Crippen LogP contribution is 2.62. The third kappa shape index (κ3) is 3.44. The third-order valence-electron chi connectivity index (χ3n) is 19.3. The molecular weight excluding hydrogens is 574 g/mol. The van der Waals surface area contributed by atoms with Crippen molar-refractivity contribution >= 4 is 0 Å². The number of hydrogen-bond donors (Lipinski definition) is 0. The second-order valence-electron chi connectivity index (χ2n) is 20.2. The Labute approximate surface area is 285 Å². The predicted octanol–water partition coefficient (Wildman–Crippen LogP) is 6.64. The van der Waals surface area contributed by atoms with Crippen molar-refractivity contribution in [3.05, 3.63) is 0 Å². The van der Waals surface area contributed by atoms with Gasteiger partial charge in [0.15, 0.2) is 0 Å². The van der Waals surface area contributed by atoms with E-state index >= 15 is 0 Å². The van der Waals surface area contributed by atoms with Crippen molar-refractivity contribution in [3.8, 4) is 0 Å². The molecule has 0 N–H and O–H groups in total. The molecule has 5 nitrogen and oxygen atoms in total. The van der Waals surface area contributed by atoms with Crippen LogP contribution in [-0.2, 0) is 0 Å². The number of hydrogen-bond acceptors (Lipinski definition) is 5. The summed E-state index contributed by atoms with van der Waals surface area (Å²) in [5.74, 6) is 4.16. The molecule has 0 bridgehead atoms. The average Bonchev–Trinajstić information content (AvgIpc) is 3.65. The van der Waals surface area contributed by atoms with Gasteiger partial charge in [-0.05, 0) is 114 Å². The van der Waals surface area contributed by atoms with E-state index in [-0.39, 0.29) is 0 Å². The van der Waals surface area contributed by atoms with Crippen molar-refractivity contribution in [2.45, 2.75) is 238 Å². The van der Waals surface area contributed by atoms with Gasteiger partial charge in [0, 0.05) is 90.6 Å². The molecule has 47 heavy (non-hydrogen) atoms. The van der Waals surface area contributed by atoms with Crippen molar-refractivity contribution in [3.63, 3.8) is 0 Å². The highest BCUT2D eigenvalue weighted by molar-refractivity contribution is 5.28. The van der Waals surface area contributed by atoms with Crippen molar-refractivity contribution in [1.29, 1.82) is 0 Å². The van der Waals surface area contributed by atoms with Gasteiger partial charge in [0.05, 0.1) is 0 Å². The molecule has 5 heteroatoms. The number of nitrogens with zero attached hydrogens (tertiary/aromatic N) is 5. The topological polar surface area (TPSA) is 16.2 Å². The van der Waals surface area contributed by atoms with Crippen molar-refractivity contribution in [1.82, 2.24) is 24.5 Å². The molecule has 0 spiro atoms. The summed E-state index contributed by atoms with van der Waals surface area (Å²) in [4.78, 5) is 17.2. The lowest BCUT2D eigenvalue weighted by atomic mass is 9.62. The molecule has 6 heterocycles. The van der Waals surface area contributed by atoms with E-state index in [0.717, 1.165) is 114 Å². The molecule has 6 saturated heterocycles. The van der Waals surface area contributed by atoms with E-state index in [9.17, 15) is 0 Å². The van der Waals surface area contributed by atoms with E-state index in [0.29, 0.717) is 0 Å². The first-order chi connectivity index (χ1) is 23.4. The fraction of sp³-hybridized carbons (Fsp3) is 1.00. The van der Waals surface area contributed by atoms with Crippen LogP contribution in [0, 0.1) is 23.7 Å². The smallest absolute Gasteiger partial charge is 0.0414 e. The number of piperazine rings is 4. The summed E-state index contributed by atoms with van der Waals surface area (Å²) in [5, 5.41) is 0. The molecule has 0 aromatic heterocycles.